The second-order valence-corrected chi connectivity index (χ2v) is 7.34. The summed E-state index contributed by atoms with van der Waals surface area (Å²) in [6.45, 7) is 3.35. The highest BCUT2D eigenvalue weighted by Gasteiger charge is 2.25. The van der Waals surface area contributed by atoms with Crippen molar-refractivity contribution in [2.24, 2.45) is 0 Å². The van der Waals surface area contributed by atoms with Crippen LogP contribution in [0.5, 0.6) is 0 Å². The number of nitrogens with zero attached hydrogens (tertiary/aromatic N) is 5. The molecule has 0 aromatic carbocycles. The molecule has 1 amide bonds. The molecule has 4 heterocycles. The third kappa shape index (κ3) is 3.81. The quantitative estimate of drug-likeness (QED) is 0.721. The lowest BCUT2D eigenvalue weighted by atomic mass is 10.1. The standard InChI is InChI=1S/C18H20N6OS/c25-18(17-10-19-7-8-20-17)21-5-3-14-11-23(13-16-2-1-9-26-16)12-15-4-6-22-24(14)15/h1-2,4,6-10,14H,3,5,11-13H2,(H,21,25). The fourth-order valence-electron chi connectivity index (χ4n) is 3.28. The zero-order chi connectivity index (χ0) is 17.8. The van der Waals surface area contributed by atoms with E-state index in [9.17, 15) is 4.79 Å². The highest BCUT2D eigenvalue weighted by Crippen LogP contribution is 2.25. The van der Waals surface area contributed by atoms with Crippen LogP contribution in [0.15, 0.2) is 48.4 Å². The van der Waals surface area contributed by atoms with Crippen LogP contribution < -0.4 is 5.32 Å². The summed E-state index contributed by atoms with van der Waals surface area (Å²) in [5, 5.41) is 9.53. The lowest BCUT2D eigenvalue weighted by Gasteiger charge is -2.33. The Morgan fingerprint density at radius 1 is 1.31 bits per heavy atom. The van der Waals surface area contributed by atoms with Crippen molar-refractivity contribution in [2.75, 3.05) is 13.1 Å². The lowest BCUT2D eigenvalue weighted by molar-refractivity contribution is 0.0941. The molecule has 1 aliphatic rings. The lowest BCUT2D eigenvalue weighted by Crippen LogP contribution is -2.38. The summed E-state index contributed by atoms with van der Waals surface area (Å²) in [5.74, 6) is -0.190. The molecule has 0 spiro atoms. The minimum atomic E-state index is -0.190. The predicted molar refractivity (Wildman–Crippen MR) is 98.7 cm³/mol. The maximum Gasteiger partial charge on any atom is 0.271 e. The van der Waals surface area contributed by atoms with Gasteiger partial charge < -0.3 is 5.32 Å². The van der Waals surface area contributed by atoms with Crippen molar-refractivity contribution in [1.82, 2.24) is 30.0 Å². The Balaban J connectivity index is 1.37. The Labute approximate surface area is 155 Å². The first-order chi connectivity index (χ1) is 12.8. The molecule has 1 N–H and O–H groups in total. The summed E-state index contributed by atoms with van der Waals surface area (Å²) in [6.07, 6.45) is 7.23. The van der Waals surface area contributed by atoms with Crippen LogP contribution in [0.25, 0.3) is 0 Å². The summed E-state index contributed by atoms with van der Waals surface area (Å²) >= 11 is 1.79. The molecule has 0 aliphatic carbocycles. The molecule has 0 radical (unpaired) electrons. The number of hydrogen-bond donors (Lipinski definition) is 1. The fraction of sp³-hybridized carbons (Fsp3) is 0.333. The van der Waals surface area contributed by atoms with Crippen LogP contribution in [0.4, 0.5) is 0 Å². The van der Waals surface area contributed by atoms with Gasteiger partial charge in [0.15, 0.2) is 0 Å². The van der Waals surface area contributed by atoms with E-state index >= 15 is 0 Å². The SMILES string of the molecule is O=C(NCCC1CN(Cc2cccs2)Cc2ccnn21)c1cnccn1. The van der Waals surface area contributed by atoms with Crippen LogP contribution in [0.1, 0.15) is 33.5 Å². The number of rotatable bonds is 6. The van der Waals surface area contributed by atoms with Crippen LogP contribution in [-0.2, 0) is 13.1 Å². The molecule has 134 valence electrons. The number of nitrogens with one attached hydrogen (secondary N) is 1. The smallest absolute Gasteiger partial charge is 0.271 e. The summed E-state index contributed by atoms with van der Waals surface area (Å²) in [5.41, 5.74) is 1.56. The van der Waals surface area contributed by atoms with E-state index in [0.717, 1.165) is 26.1 Å². The Morgan fingerprint density at radius 2 is 2.27 bits per heavy atom. The number of carbonyl (C=O) groups is 1. The predicted octanol–water partition coefficient (Wildman–Crippen LogP) is 2.11. The maximum atomic E-state index is 12.1. The van der Waals surface area contributed by atoms with E-state index < -0.39 is 0 Å². The van der Waals surface area contributed by atoms with Crippen LogP contribution in [0.2, 0.25) is 0 Å². The Morgan fingerprint density at radius 3 is 3.08 bits per heavy atom. The number of carbonyl (C=O) groups excluding carboxylic acids is 1. The van der Waals surface area contributed by atoms with Gasteiger partial charge in [-0.1, -0.05) is 6.07 Å². The average molecular weight is 368 g/mol. The fourth-order valence-corrected chi connectivity index (χ4v) is 4.03. The van der Waals surface area contributed by atoms with Gasteiger partial charge in [0.1, 0.15) is 5.69 Å². The van der Waals surface area contributed by atoms with Crippen LogP contribution in [0.3, 0.4) is 0 Å². The summed E-state index contributed by atoms with van der Waals surface area (Å²) in [7, 11) is 0. The molecule has 0 saturated carbocycles. The van der Waals surface area contributed by atoms with E-state index in [2.05, 4.69) is 53.5 Å². The normalized spacial score (nSPS) is 17.0. The van der Waals surface area contributed by atoms with Crippen molar-refractivity contribution in [3.8, 4) is 0 Å². The van der Waals surface area contributed by atoms with E-state index in [4.69, 9.17) is 0 Å². The molecule has 1 atom stereocenters. The third-order valence-electron chi connectivity index (χ3n) is 4.47. The molecule has 0 fully saturated rings. The monoisotopic (exact) mass is 368 g/mol. The first-order valence-corrected chi connectivity index (χ1v) is 9.49. The zero-order valence-corrected chi connectivity index (χ0v) is 15.1. The zero-order valence-electron chi connectivity index (χ0n) is 14.3. The molecule has 26 heavy (non-hydrogen) atoms. The molecule has 3 aromatic heterocycles. The van der Waals surface area contributed by atoms with Crippen LogP contribution in [0, 0.1) is 0 Å². The first-order valence-electron chi connectivity index (χ1n) is 8.61. The van der Waals surface area contributed by atoms with Gasteiger partial charge in [-0.2, -0.15) is 5.10 Å². The number of aromatic nitrogens is 4. The Kier molecular flexibility index (Phi) is 5.03. The first kappa shape index (κ1) is 16.9. The molecule has 8 heteroatoms. The van der Waals surface area contributed by atoms with E-state index in [1.807, 2.05) is 6.20 Å². The van der Waals surface area contributed by atoms with Gasteiger partial charge in [-0.15, -0.1) is 11.3 Å². The largest absolute Gasteiger partial charge is 0.351 e. The van der Waals surface area contributed by atoms with E-state index in [1.165, 1.54) is 23.0 Å². The van der Waals surface area contributed by atoms with Gasteiger partial charge >= 0.3 is 0 Å². The molecular formula is C18H20N6OS. The topological polar surface area (TPSA) is 75.9 Å². The van der Waals surface area contributed by atoms with E-state index in [-0.39, 0.29) is 11.9 Å². The van der Waals surface area contributed by atoms with Crippen molar-refractivity contribution in [1.29, 1.82) is 0 Å². The number of hydrogen-bond acceptors (Lipinski definition) is 6. The van der Waals surface area contributed by atoms with Crippen molar-refractivity contribution in [3.63, 3.8) is 0 Å². The van der Waals surface area contributed by atoms with E-state index in [0.29, 0.717) is 12.2 Å². The van der Waals surface area contributed by atoms with Gasteiger partial charge in [-0.3, -0.25) is 19.4 Å². The molecule has 1 aliphatic heterocycles. The molecular weight excluding hydrogens is 348 g/mol. The van der Waals surface area contributed by atoms with Crippen molar-refractivity contribution < 1.29 is 4.79 Å². The molecule has 1 unspecified atom stereocenters. The average Bonchev–Trinajstić information content (AvgIpc) is 3.34. The van der Waals surface area contributed by atoms with Crippen LogP contribution in [-0.4, -0.2) is 43.6 Å². The number of fused-ring (bicyclic) bond motifs is 1. The summed E-state index contributed by atoms with van der Waals surface area (Å²) < 4.78 is 2.10. The third-order valence-corrected chi connectivity index (χ3v) is 5.33. The second-order valence-electron chi connectivity index (χ2n) is 6.31. The van der Waals surface area contributed by atoms with Crippen molar-refractivity contribution in [3.05, 3.63) is 64.6 Å². The van der Waals surface area contributed by atoms with Gasteiger partial charge in [0.05, 0.1) is 17.9 Å². The van der Waals surface area contributed by atoms with E-state index in [1.54, 1.807) is 17.5 Å². The summed E-state index contributed by atoms with van der Waals surface area (Å²) in [4.78, 5) is 23.9. The Bertz CT molecular complexity index is 848. The van der Waals surface area contributed by atoms with Gasteiger partial charge in [0.25, 0.3) is 5.91 Å². The molecule has 0 bridgehead atoms. The molecule has 3 aromatic rings. The summed E-state index contributed by atoms with van der Waals surface area (Å²) in [6, 6.07) is 6.59. The highest BCUT2D eigenvalue weighted by atomic mass is 32.1. The van der Waals surface area contributed by atoms with Crippen LogP contribution >= 0.6 is 11.3 Å². The van der Waals surface area contributed by atoms with Gasteiger partial charge in [0.2, 0.25) is 0 Å². The molecule has 4 rings (SSSR count). The molecule has 7 nitrogen and oxygen atoms in total. The second kappa shape index (κ2) is 7.76. The maximum absolute atomic E-state index is 12.1. The minimum Gasteiger partial charge on any atom is -0.351 e. The number of thiophene rings is 1. The van der Waals surface area contributed by atoms with Gasteiger partial charge in [-0.05, 0) is 23.9 Å². The highest BCUT2D eigenvalue weighted by molar-refractivity contribution is 7.09. The van der Waals surface area contributed by atoms with Crippen molar-refractivity contribution in [2.45, 2.75) is 25.6 Å². The van der Waals surface area contributed by atoms with Gasteiger partial charge in [0, 0.05) is 49.6 Å². The van der Waals surface area contributed by atoms with Crippen molar-refractivity contribution >= 4 is 17.2 Å². The Hall–Kier alpha value is -2.58. The number of amides is 1. The van der Waals surface area contributed by atoms with Gasteiger partial charge in [-0.25, -0.2) is 4.98 Å². The molecule has 0 saturated heterocycles. The minimum absolute atomic E-state index is 0.190.